The minimum Gasteiger partial charge on any atom is -0.394 e. The molecule has 0 atom stereocenters. The van der Waals surface area contributed by atoms with Gasteiger partial charge in [0.1, 0.15) is 4.90 Å². The quantitative estimate of drug-likeness (QED) is 0.691. The van der Waals surface area contributed by atoms with E-state index in [1.165, 1.54) is 19.2 Å². The Morgan fingerprint density at radius 2 is 2.06 bits per heavy atom. The Balaban J connectivity index is 3.10. The number of sulfonamides is 1. The molecule has 1 aromatic heterocycles. The Morgan fingerprint density at radius 1 is 1.47 bits per heavy atom. The maximum Gasteiger partial charge on any atom is 0.244 e. The van der Waals surface area contributed by atoms with E-state index in [2.05, 4.69) is 9.71 Å². The Hall–Kier alpha value is -0.730. The van der Waals surface area contributed by atoms with Crippen LogP contribution in [0.25, 0.3) is 0 Å². The molecule has 0 radical (unpaired) electrons. The van der Waals surface area contributed by atoms with Gasteiger partial charge in [0.2, 0.25) is 10.0 Å². The van der Waals surface area contributed by atoms with Gasteiger partial charge in [0.15, 0.2) is 0 Å². The van der Waals surface area contributed by atoms with E-state index in [0.29, 0.717) is 0 Å². The molecule has 0 bridgehead atoms. The predicted octanol–water partition coefficient (Wildman–Crippen LogP) is -0.243. The zero-order chi connectivity index (χ0) is 13.1. The summed E-state index contributed by atoms with van der Waals surface area (Å²) in [6.45, 7) is 0.288. The maximum absolute atomic E-state index is 11.9. The topological polar surface area (TPSA) is 99.5 Å². The van der Waals surface area contributed by atoms with Crippen molar-refractivity contribution in [2.75, 3.05) is 13.2 Å². The molecular weight excluding hydrogens is 268 g/mol. The number of hydrogen-bond acceptors (Lipinski definition) is 5. The lowest BCUT2D eigenvalue weighted by Crippen LogP contribution is -2.51. The van der Waals surface area contributed by atoms with E-state index in [4.69, 9.17) is 21.8 Å². The normalized spacial score (nSPS) is 12.7. The third-order valence-electron chi connectivity index (χ3n) is 2.10. The minimum absolute atomic E-state index is 0.0192. The van der Waals surface area contributed by atoms with Crippen LogP contribution in [0.4, 0.5) is 0 Å². The molecule has 1 rings (SSSR count). The first-order chi connectivity index (χ1) is 7.84. The van der Waals surface area contributed by atoms with E-state index in [0.717, 1.165) is 6.20 Å². The zero-order valence-electron chi connectivity index (χ0n) is 9.09. The fraction of sp³-hybridized carbons (Fsp3) is 0.444. The second-order valence-corrected chi connectivity index (χ2v) is 5.85. The van der Waals surface area contributed by atoms with Gasteiger partial charge in [-0.2, -0.15) is 0 Å². The third-order valence-corrected chi connectivity index (χ3v) is 4.21. The molecule has 0 spiro atoms. The lowest BCUT2D eigenvalue weighted by atomic mass is 10.1. The van der Waals surface area contributed by atoms with Crippen molar-refractivity contribution in [3.8, 4) is 0 Å². The van der Waals surface area contributed by atoms with Crippen LogP contribution in [0.3, 0.4) is 0 Å². The molecule has 0 aliphatic rings. The lowest BCUT2D eigenvalue weighted by Gasteiger charge is -2.25. The third kappa shape index (κ3) is 3.36. The summed E-state index contributed by atoms with van der Waals surface area (Å²) in [6.07, 6.45) is 2.46. The van der Waals surface area contributed by atoms with Crippen LogP contribution in [0.2, 0.25) is 5.02 Å². The van der Waals surface area contributed by atoms with Crippen molar-refractivity contribution in [2.24, 2.45) is 0 Å². The molecular formula is C9H13ClN2O4S. The van der Waals surface area contributed by atoms with E-state index < -0.39 is 28.8 Å². The number of hydrogen-bond donors (Lipinski definition) is 3. The Kier molecular flexibility index (Phi) is 4.45. The molecule has 0 aliphatic heterocycles. The van der Waals surface area contributed by atoms with Gasteiger partial charge in [0, 0.05) is 12.4 Å². The summed E-state index contributed by atoms with van der Waals surface area (Å²) in [5.74, 6) is 0. The van der Waals surface area contributed by atoms with Crippen molar-refractivity contribution in [3.05, 3.63) is 23.5 Å². The van der Waals surface area contributed by atoms with Gasteiger partial charge in [-0.1, -0.05) is 11.6 Å². The number of aliphatic hydroxyl groups excluding tert-OH is 2. The van der Waals surface area contributed by atoms with Crippen molar-refractivity contribution in [3.63, 3.8) is 0 Å². The van der Waals surface area contributed by atoms with Crippen LogP contribution in [-0.2, 0) is 10.0 Å². The average Bonchev–Trinajstić information content (AvgIpc) is 2.28. The molecule has 0 unspecified atom stereocenters. The fourth-order valence-electron chi connectivity index (χ4n) is 1.05. The number of halogens is 1. The standard InChI is InChI=1S/C9H13ClN2O4S/c1-9(5-13,6-14)12-17(15,16)8-4-11-3-2-7(8)10/h2-4,12-14H,5-6H2,1H3. The van der Waals surface area contributed by atoms with Gasteiger partial charge in [0.25, 0.3) is 0 Å². The number of rotatable bonds is 5. The predicted molar refractivity (Wildman–Crippen MR) is 62.1 cm³/mol. The number of nitrogens with one attached hydrogen (secondary N) is 1. The van der Waals surface area contributed by atoms with Crippen LogP contribution in [0.1, 0.15) is 6.92 Å². The fourth-order valence-corrected chi connectivity index (χ4v) is 2.88. The van der Waals surface area contributed by atoms with Crippen molar-refractivity contribution < 1.29 is 18.6 Å². The molecule has 96 valence electrons. The Morgan fingerprint density at radius 3 is 2.53 bits per heavy atom. The summed E-state index contributed by atoms with van der Waals surface area (Å²) in [5.41, 5.74) is -1.35. The maximum atomic E-state index is 11.9. The summed E-state index contributed by atoms with van der Waals surface area (Å²) in [6, 6.07) is 1.34. The molecule has 0 saturated heterocycles. The van der Waals surface area contributed by atoms with Gasteiger partial charge < -0.3 is 10.2 Å². The summed E-state index contributed by atoms with van der Waals surface area (Å²) >= 11 is 5.74. The SMILES string of the molecule is CC(CO)(CO)NS(=O)(=O)c1cnccc1Cl. The average molecular weight is 281 g/mol. The van der Waals surface area contributed by atoms with Gasteiger partial charge in [-0.15, -0.1) is 0 Å². The molecule has 3 N–H and O–H groups in total. The van der Waals surface area contributed by atoms with Gasteiger partial charge >= 0.3 is 0 Å². The van der Waals surface area contributed by atoms with Gasteiger partial charge in [-0.25, -0.2) is 13.1 Å². The minimum atomic E-state index is -3.94. The van der Waals surface area contributed by atoms with Gasteiger partial charge in [-0.05, 0) is 13.0 Å². The molecule has 6 nitrogen and oxygen atoms in total. The molecule has 1 aromatic rings. The van der Waals surface area contributed by atoms with Crippen molar-refractivity contribution in [2.45, 2.75) is 17.4 Å². The number of nitrogens with zero attached hydrogens (tertiary/aromatic N) is 1. The zero-order valence-corrected chi connectivity index (χ0v) is 10.7. The molecule has 17 heavy (non-hydrogen) atoms. The Bertz CT molecular complexity index is 488. The van der Waals surface area contributed by atoms with E-state index in [-0.39, 0.29) is 9.92 Å². The molecule has 8 heteroatoms. The Labute approximate surface area is 104 Å². The van der Waals surface area contributed by atoms with Gasteiger partial charge in [0.05, 0.1) is 23.8 Å². The molecule has 0 saturated carbocycles. The van der Waals surface area contributed by atoms with E-state index in [1.807, 2.05) is 0 Å². The molecule has 0 amide bonds. The first kappa shape index (κ1) is 14.3. The highest BCUT2D eigenvalue weighted by Gasteiger charge is 2.30. The number of aliphatic hydroxyl groups is 2. The highest BCUT2D eigenvalue weighted by atomic mass is 35.5. The molecule has 0 fully saturated rings. The van der Waals surface area contributed by atoms with Crippen LogP contribution in [0.5, 0.6) is 0 Å². The van der Waals surface area contributed by atoms with Gasteiger partial charge in [-0.3, -0.25) is 4.98 Å². The highest BCUT2D eigenvalue weighted by molar-refractivity contribution is 7.89. The number of pyridine rings is 1. The largest absolute Gasteiger partial charge is 0.394 e. The highest BCUT2D eigenvalue weighted by Crippen LogP contribution is 2.20. The van der Waals surface area contributed by atoms with Crippen molar-refractivity contribution >= 4 is 21.6 Å². The van der Waals surface area contributed by atoms with E-state index >= 15 is 0 Å². The second-order valence-electron chi connectivity index (χ2n) is 3.79. The lowest BCUT2D eigenvalue weighted by molar-refractivity contribution is 0.122. The van der Waals surface area contributed by atoms with Crippen molar-refractivity contribution in [1.82, 2.24) is 9.71 Å². The summed E-state index contributed by atoms with van der Waals surface area (Å²) < 4.78 is 26.0. The summed E-state index contributed by atoms with van der Waals surface area (Å²) in [4.78, 5) is 3.47. The molecule has 1 heterocycles. The first-order valence-electron chi connectivity index (χ1n) is 4.70. The van der Waals surface area contributed by atoms with Crippen molar-refractivity contribution in [1.29, 1.82) is 0 Å². The van der Waals surface area contributed by atoms with Crippen LogP contribution in [0.15, 0.2) is 23.4 Å². The van der Waals surface area contributed by atoms with Crippen LogP contribution >= 0.6 is 11.6 Å². The second kappa shape index (κ2) is 5.28. The monoisotopic (exact) mass is 280 g/mol. The first-order valence-corrected chi connectivity index (χ1v) is 6.56. The van der Waals surface area contributed by atoms with E-state index in [1.54, 1.807) is 0 Å². The summed E-state index contributed by atoms with van der Waals surface area (Å²) in [5, 5.41) is 18.1. The van der Waals surface area contributed by atoms with E-state index in [9.17, 15) is 8.42 Å². The van der Waals surface area contributed by atoms with Crippen LogP contribution in [0, 0.1) is 0 Å². The molecule has 0 aliphatic carbocycles. The number of aromatic nitrogens is 1. The van der Waals surface area contributed by atoms with Crippen LogP contribution in [-0.4, -0.2) is 42.4 Å². The van der Waals surface area contributed by atoms with Crippen LogP contribution < -0.4 is 4.72 Å². The summed E-state index contributed by atoms with van der Waals surface area (Å²) in [7, 11) is -3.94. The molecule has 0 aromatic carbocycles. The smallest absolute Gasteiger partial charge is 0.244 e.